The maximum absolute atomic E-state index is 11.7. The molecule has 0 spiro atoms. The summed E-state index contributed by atoms with van der Waals surface area (Å²) >= 11 is 12.7. The highest BCUT2D eigenvalue weighted by Gasteiger charge is 2.11. The molecule has 1 unspecified atom stereocenters. The molecule has 0 aliphatic carbocycles. The molecule has 0 aliphatic rings. The monoisotopic (exact) mass is 279 g/mol. The Balaban J connectivity index is 2.40. The molecule has 0 radical (unpaired) electrons. The number of carbonyl (C=O) groups excluding carboxylic acids is 1. The minimum Gasteiger partial charge on any atom is -0.351 e. The van der Waals surface area contributed by atoms with E-state index in [1.54, 1.807) is 12.1 Å². The molecule has 16 heavy (non-hydrogen) atoms. The summed E-state index contributed by atoms with van der Waals surface area (Å²) in [6.07, 6.45) is 1.96. The van der Waals surface area contributed by atoms with Crippen molar-refractivity contribution in [3.05, 3.63) is 21.3 Å². The van der Waals surface area contributed by atoms with E-state index in [4.69, 9.17) is 23.2 Å². The third kappa shape index (κ3) is 4.32. The summed E-state index contributed by atoms with van der Waals surface area (Å²) in [6, 6.07) is 3.47. The van der Waals surface area contributed by atoms with Gasteiger partial charge in [0.15, 0.2) is 0 Å². The van der Waals surface area contributed by atoms with Crippen LogP contribution in [0.1, 0.15) is 29.4 Å². The van der Waals surface area contributed by atoms with Gasteiger partial charge in [-0.2, -0.15) is 0 Å². The summed E-state index contributed by atoms with van der Waals surface area (Å²) in [5, 5.41) is 2.90. The van der Waals surface area contributed by atoms with Gasteiger partial charge in [-0.25, -0.2) is 0 Å². The molecule has 1 aromatic heterocycles. The van der Waals surface area contributed by atoms with E-state index in [-0.39, 0.29) is 5.91 Å². The fourth-order valence-corrected chi connectivity index (χ4v) is 2.63. The fraction of sp³-hybridized carbons (Fsp3) is 0.545. The Morgan fingerprint density at radius 2 is 2.31 bits per heavy atom. The first-order valence-electron chi connectivity index (χ1n) is 5.26. The Morgan fingerprint density at radius 3 is 2.81 bits per heavy atom. The summed E-state index contributed by atoms with van der Waals surface area (Å²) in [6.45, 7) is 2.78. The van der Waals surface area contributed by atoms with Gasteiger partial charge in [0, 0.05) is 12.4 Å². The minimum atomic E-state index is -0.0510. The number of hydrogen-bond donors (Lipinski definition) is 1. The molecule has 0 saturated carbocycles. The molecule has 2 nitrogen and oxygen atoms in total. The van der Waals surface area contributed by atoms with E-state index in [0.29, 0.717) is 27.6 Å². The highest BCUT2D eigenvalue weighted by atomic mass is 35.5. The lowest BCUT2D eigenvalue weighted by atomic mass is 10.0. The van der Waals surface area contributed by atoms with E-state index < -0.39 is 0 Å². The van der Waals surface area contributed by atoms with Gasteiger partial charge in [0.2, 0.25) is 0 Å². The van der Waals surface area contributed by atoms with Gasteiger partial charge >= 0.3 is 0 Å². The van der Waals surface area contributed by atoms with Crippen LogP contribution in [0.4, 0.5) is 0 Å². The van der Waals surface area contributed by atoms with Gasteiger partial charge in [0.25, 0.3) is 5.91 Å². The van der Waals surface area contributed by atoms with Crippen molar-refractivity contribution in [2.24, 2.45) is 5.92 Å². The normalized spacial score (nSPS) is 12.4. The summed E-state index contributed by atoms with van der Waals surface area (Å²) in [5.41, 5.74) is 0. The van der Waals surface area contributed by atoms with Crippen LogP contribution < -0.4 is 5.32 Å². The topological polar surface area (TPSA) is 29.1 Å². The molecular weight excluding hydrogens is 265 g/mol. The Hall–Kier alpha value is -0.250. The van der Waals surface area contributed by atoms with Crippen molar-refractivity contribution in [3.63, 3.8) is 0 Å². The largest absolute Gasteiger partial charge is 0.351 e. The summed E-state index contributed by atoms with van der Waals surface area (Å²) in [5.74, 6) is 1.04. The standard InChI is InChI=1S/C11H15Cl2NOS/c1-2-8(5-6-12)7-14-11(15)9-3-4-10(13)16-9/h3-4,8H,2,5-7H2,1H3,(H,14,15). The van der Waals surface area contributed by atoms with E-state index in [9.17, 15) is 4.79 Å². The van der Waals surface area contributed by atoms with Gasteiger partial charge < -0.3 is 5.32 Å². The Kier molecular flexibility index (Phi) is 6.17. The second-order valence-electron chi connectivity index (χ2n) is 3.57. The number of alkyl halides is 1. The van der Waals surface area contributed by atoms with E-state index in [1.165, 1.54) is 11.3 Å². The van der Waals surface area contributed by atoms with Gasteiger partial charge in [-0.3, -0.25) is 4.79 Å². The number of halogens is 2. The number of amides is 1. The average molecular weight is 280 g/mol. The van der Waals surface area contributed by atoms with E-state index in [1.807, 2.05) is 0 Å². The van der Waals surface area contributed by atoms with Crippen LogP contribution in [0.3, 0.4) is 0 Å². The Morgan fingerprint density at radius 1 is 1.56 bits per heavy atom. The molecule has 0 aromatic carbocycles. The number of carbonyl (C=O) groups is 1. The van der Waals surface area contributed by atoms with Crippen molar-refractivity contribution < 1.29 is 4.79 Å². The molecule has 1 N–H and O–H groups in total. The van der Waals surface area contributed by atoms with Crippen LogP contribution in [0.2, 0.25) is 4.34 Å². The van der Waals surface area contributed by atoms with Gasteiger partial charge in [0.05, 0.1) is 9.21 Å². The molecule has 1 atom stereocenters. The fourth-order valence-electron chi connectivity index (χ4n) is 1.37. The van der Waals surface area contributed by atoms with Gasteiger partial charge in [-0.05, 0) is 24.5 Å². The lowest BCUT2D eigenvalue weighted by Gasteiger charge is -2.13. The number of nitrogens with one attached hydrogen (secondary N) is 1. The zero-order valence-corrected chi connectivity index (χ0v) is 11.5. The second kappa shape index (κ2) is 7.15. The molecule has 0 fully saturated rings. The first-order valence-corrected chi connectivity index (χ1v) is 6.99. The predicted octanol–water partition coefficient (Wildman–Crippen LogP) is 3.79. The smallest absolute Gasteiger partial charge is 0.261 e. The predicted molar refractivity (Wildman–Crippen MR) is 70.8 cm³/mol. The molecule has 1 aromatic rings. The van der Waals surface area contributed by atoms with Crippen LogP contribution in [-0.2, 0) is 0 Å². The van der Waals surface area contributed by atoms with Crippen LogP contribution in [0.5, 0.6) is 0 Å². The molecule has 0 aliphatic heterocycles. The van der Waals surface area contributed by atoms with E-state index >= 15 is 0 Å². The Bertz CT molecular complexity index is 340. The van der Waals surface area contributed by atoms with E-state index in [0.717, 1.165) is 12.8 Å². The van der Waals surface area contributed by atoms with Crippen LogP contribution in [-0.4, -0.2) is 18.3 Å². The lowest BCUT2D eigenvalue weighted by Crippen LogP contribution is -2.28. The highest BCUT2D eigenvalue weighted by molar-refractivity contribution is 7.17. The van der Waals surface area contributed by atoms with Crippen LogP contribution >= 0.6 is 34.5 Å². The molecule has 90 valence electrons. The van der Waals surface area contributed by atoms with Gasteiger partial charge in [0.1, 0.15) is 0 Å². The third-order valence-corrected chi connectivity index (χ3v) is 3.89. The summed E-state index contributed by atoms with van der Waals surface area (Å²) in [7, 11) is 0. The van der Waals surface area contributed by atoms with Gasteiger partial charge in [-0.15, -0.1) is 22.9 Å². The molecule has 1 heterocycles. The lowest BCUT2D eigenvalue weighted by molar-refractivity contribution is 0.0950. The van der Waals surface area contributed by atoms with Crippen molar-refractivity contribution in [2.75, 3.05) is 12.4 Å². The zero-order valence-electron chi connectivity index (χ0n) is 9.13. The first-order chi connectivity index (χ1) is 7.67. The number of thiophene rings is 1. The maximum atomic E-state index is 11.7. The molecule has 5 heteroatoms. The quantitative estimate of drug-likeness (QED) is 0.789. The third-order valence-electron chi connectivity index (χ3n) is 2.44. The number of rotatable bonds is 6. The zero-order chi connectivity index (χ0) is 12.0. The summed E-state index contributed by atoms with van der Waals surface area (Å²) < 4.78 is 0.637. The SMILES string of the molecule is CCC(CCCl)CNC(=O)c1ccc(Cl)s1. The number of hydrogen-bond acceptors (Lipinski definition) is 2. The van der Waals surface area contributed by atoms with Crippen LogP contribution in [0.25, 0.3) is 0 Å². The molecule has 0 bridgehead atoms. The first kappa shape index (κ1) is 13.8. The Labute approximate surface area is 110 Å². The van der Waals surface area contributed by atoms with E-state index in [2.05, 4.69) is 12.2 Å². The second-order valence-corrected chi connectivity index (χ2v) is 5.66. The van der Waals surface area contributed by atoms with Gasteiger partial charge in [-0.1, -0.05) is 24.9 Å². The van der Waals surface area contributed by atoms with Crippen molar-refractivity contribution in [1.82, 2.24) is 5.32 Å². The highest BCUT2D eigenvalue weighted by Crippen LogP contribution is 2.21. The van der Waals surface area contributed by atoms with Crippen molar-refractivity contribution in [2.45, 2.75) is 19.8 Å². The molecule has 1 amide bonds. The molecular formula is C11H15Cl2NOS. The molecule has 0 saturated heterocycles. The van der Waals surface area contributed by atoms with Crippen molar-refractivity contribution in [3.8, 4) is 0 Å². The van der Waals surface area contributed by atoms with Crippen molar-refractivity contribution >= 4 is 40.4 Å². The minimum absolute atomic E-state index is 0.0510. The average Bonchev–Trinajstić information content (AvgIpc) is 2.70. The van der Waals surface area contributed by atoms with Crippen LogP contribution in [0.15, 0.2) is 12.1 Å². The van der Waals surface area contributed by atoms with Crippen molar-refractivity contribution in [1.29, 1.82) is 0 Å². The summed E-state index contributed by atoms with van der Waals surface area (Å²) in [4.78, 5) is 12.3. The van der Waals surface area contributed by atoms with Crippen LogP contribution in [0, 0.1) is 5.92 Å². The molecule has 1 rings (SSSR count). The maximum Gasteiger partial charge on any atom is 0.261 e.